The van der Waals surface area contributed by atoms with Crippen molar-refractivity contribution in [3.05, 3.63) is 23.5 Å². The number of hydrogen-bond donors (Lipinski definition) is 2. The highest BCUT2D eigenvalue weighted by Crippen LogP contribution is 2.40. The van der Waals surface area contributed by atoms with Gasteiger partial charge in [0.25, 0.3) is 0 Å². The molecule has 2 atom stereocenters. The Morgan fingerprint density at radius 2 is 2.11 bits per heavy atom. The number of aliphatic hydroxyl groups excluding tert-OH is 1. The first-order valence-electron chi connectivity index (χ1n) is 11.7. The highest BCUT2D eigenvalue weighted by atomic mass is 32.2. The van der Waals surface area contributed by atoms with E-state index in [1.807, 2.05) is 9.80 Å². The van der Waals surface area contributed by atoms with Crippen LogP contribution in [0.3, 0.4) is 0 Å². The number of nitrogens with zero attached hydrogens (tertiary/aromatic N) is 5. The molecule has 13 heteroatoms. The van der Waals surface area contributed by atoms with Crippen molar-refractivity contribution < 1.29 is 27.2 Å². The molecule has 1 saturated heterocycles. The predicted molar refractivity (Wildman–Crippen MR) is 122 cm³/mol. The number of aliphatic hydroxyl groups is 1. The van der Waals surface area contributed by atoms with Crippen LogP contribution in [0.15, 0.2) is 17.2 Å². The summed E-state index contributed by atoms with van der Waals surface area (Å²) in [7, 11) is -1.18. The van der Waals surface area contributed by atoms with Crippen molar-refractivity contribution in [1.29, 1.82) is 0 Å². The van der Waals surface area contributed by atoms with Crippen molar-refractivity contribution in [2.45, 2.75) is 48.3 Å². The first kappa shape index (κ1) is 22.8. The lowest BCUT2D eigenvalue weighted by Crippen LogP contribution is -2.58. The third kappa shape index (κ3) is 3.88. The van der Waals surface area contributed by atoms with E-state index in [2.05, 4.69) is 10.3 Å². The number of halogens is 3. The lowest BCUT2D eigenvalue weighted by atomic mass is 9.77. The molecule has 3 aliphatic heterocycles. The Morgan fingerprint density at radius 3 is 2.83 bits per heavy atom. The summed E-state index contributed by atoms with van der Waals surface area (Å²) in [5.74, 6) is 2.10. The molecule has 6 rings (SSSR count). The second-order valence-corrected chi connectivity index (χ2v) is 11.0. The zero-order chi connectivity index (χ0) is 24.4. The van der Waals surface area contributed by atoms with Crippen LogP contribution in [0, 0.1) is 0 Å². The van der Waals surface area contributed by atoms with Crippen LogP contribution in [0.2, 0.25) is 0 Å². The number of hydrogen-bond acceptors (Lipinski definition) is 9. The maximum Gasteiger partial charge on any atom is 0.418 e. The van der Waals surface area contributed by atoms with Gasteiger partial charge >= 0.3 is 6.18 Å². The fourth-order valence-corrected chi connectivity index (χ4v) is 6.45. The molecule has 0 spiro atoms. The number of alkyl halides is 3. The number of pyridine rings is 1. The van der Waals surface area contributed by atoms with Gasteiger partial charge in [0.05, 0.1) is 40.2 Å². The number of ether oxygens (including phenoxy) is 1. The lowest BCUT2D eigenvalue weighted by molar-refractivity contribution is -0.138. The molecule has 9 nitrogen and oxygen atoms in total. The van der Waals surface area contributed by atoms with E-state index in [0.29, 0.717) is 54.3 Å². The number of aryl methyl sites for hydroxylation is 1. The maximum absolute atomic E-state index is 13.1. The normalized spacial score (nSPS) is 24.7. The second-order valence-electron chi connectivity index (χ2n) is 9.51. The van der Waals surface area contributed by atoms with Gasteiger partial charge in [0.15, 0.2) is 11.6 Å². The van der Waals surface area contributed by atoms with Crippen molar-refractivity contribution in [3.63, 3.8) is 0 Å². The van der Waals surface area contributed by atoms with Crippen LogP contribution < -0.4 is 19.9 Å². The molecule has 0 amide bonds. The number of fused-ring (bicyclic) bond motifs is 4. The first-order chi connectivity index (χ1) is 16.8. The SMILES string of the molecule is O=[S@]1CCc2nc(N3CCN4c5ncc(C(F)(F)F)cc5OC[C@H]4C3)nc(NC3(CO)CCC3)c21. The zero-order valence-electron chi connectivity index (χ0n) is 18.8. The predicted octanol–water partition coefficient (Wildman–Crippen LogP) is 1.97. The summed E-state index contributed by atoms with van der Waals surface area (Å²) in [5.41, 5.74) is -0.506. The fraction of sp³-hybridized carbons (Fsp3) is 0.591. The molecule has 2 fully saturated rings. The molecule has 0 aromatic carbocycles. The average molecular weight is 511 g/mol. The first-order valence-corrected chi connectivity index (χ1v) is 13.0. The van der Waals surface area contributed by atoms with E-state index in [1.54, 1.807) is 0 Å². The smallest absolute Gasteiger partial charge is 0.418 e. The van der Waals surface area contributed by atoms with Gasteiger partial charge in [-0.25, -0.2) is 9.97 Å². The Kier molecular flexibility index (Phi) is 5.33. The molecule has 1 saturated carbocycles. The van der Waals surface area contributed by atoms with Crippen LogP contribution in [-0.2, 0) is 23.4 Å². The molecular formula is C22H25F3N6O3S. The second kappa shape index (κ2) is 8.19. The van der Waals surface area contributed by atoms with Crippen molar-refractivity contribution >= 4 is 28.4 Å². The highest BCUT2D eigenvalue weighted by molar-refractivity contribution is 7.85. The fourth-order valence-electron chi connectivity index (χ4n) is 5.15. The minimum atomic E-state index is -4.48. The third-order valence-electron chi connectivity index (χ3n) is 7.30. The molecule has 188 valence electrons. The van der Waals surface area contributed by atoms with Crippen LogP contribution in [-0.4, -0.2) is 74.4 Å². The van der Waals surface area contributed by atoms with Crippen molar-refractivity contribution in [2.24, 2.45) is 0 Å². The highest BCUT2D eigenvalue weighted by Gasteiger charge is 2.41. The van der Waals surface area contributed by atoms with Gasteiger partial charge in [0, 0.05) is 38.0 Å². The van der Waals surface area contributed by atoms with Crippen LogP contribution in [0.4, 0.5) is 30.8 Å². The van der Waals surface area contributed by atoms with E-state index in [-0.39, 0.29) is 25.0 Å². The van der Waals surface area contributed by atoms with E-state index < -0.39 is 28.1 Å². The number of nitrogens with one attached hydrogen (secondary N) is 1. The molecule has 2 N–H and O–H groups in total. The van der Waals surface area contributed by atoms with Gasteiger partial charge in [-0.15, -0.1) is 0 Å². The molecule has 4 aliphatic rings. The van der Waals surface area contributed by atoms with Crippen LogP contribution in [0.25, 0.3) is 0 Å². The van der Waals surface area contributed by atoms with Crippen LogP contribution in [0.5, 0.6) is 5.75 Å². The molecule has 1 aliphatic carbocycles. The summed E-state index contributed by atoms with van der Waals surface area (Å²) < 4.78 is 57.5. The Morgan fingerprint density at radius 1 is 1.29 bits per heavy atom. The van der Waals surface area contributed by atoms with Gasteiger partial charge < -0.3 is 25.0 Å². The maximum atomic E-state index is 13.1. The molecule has 5 heterocycles. The average Bonchev–Trinajstić information content (AvgIpc) is 3.20. The molecule has 35 heavy (non-hydrogen) atoms. The summed E-state index contributed by atoms with van der Waals surface area (Å²) in [6.07, 6.45) is -0.370. The summed E-state index contributed by atoms with van der Waals surface area (Å²) in [4.78, 5) is 18.2. The summed E-state index contributed by atoms with van der Waals surface area (Å²) >= 11 is 0. The standard InChI is InChI=1S/C22H25F3N6O3S/c23-22(24,25)13-8-16-19(26-9-13)31-6-5-30(10-14(31)11-34-16)20-27-15-2-7-35(33)17(15)18(28-20)29-21(12-32)3-1-4-21/h8-9,14,32H,1-7,10-12H2,(H,27,28,29)/t14-,35+/m1/s1. The Balaban J connectivity index is 1.26. The van der Waals surface area contributed by atoms with E-state index in [4.69, 9.17) is 14.7 Å². The molecule has 0 bridgehead atoms. The minimum Gasteiger partial charge on any atom is -0.487 e. The van der Waals surface area contributed by atoms with Crippen molar-refractivity contribution in [2.75, 3.05) is 53.7 Å². The van der Waals surface area contributed by atoms with E-state index >= 15 is 0 Å². The van der Waals surface area contributed by atoms with Crippen LogP contribution in [0.1, 0.15) is 30.5 Å². The number of rotatable bonds is 4. The van der Waals surface area contributed by atoms with Crippen molar-refractivity contribution in [1.82, 2.24) is 15.0 Å². The Bertz CT molecular complexity index is 1190. The van der Waals surface area contributed by atoms with E-state index in [9.17, 15) is 22.5 Å². The molecule has 2 aromatic heterocycles. The van der Waals surface area contributed by atoms with E-state index in [1.165, 1.54) is 0 Å². The number of piperazine rings is 1. The topological polar surface area (TPSA) is 104 Å². The summed E-state index contributed by atoms with van der Waals surface area (Å²) in [6.45, 7) is 1.78. The molecule has 0 unspecified atom stereocenters. The molecule has 2 aromatic rings. The Labute approximate surface area is 202 Å². The van der Waals surface area contributed by atoms with Crippen molar-refractivity contribution in [3.8, 4) is 5.75 Å². The largest absolute Gasteiger partial charge is 0.487 e. The quantitative estimate of drug-likeness (QED) is 0.639. The third-order valence-corrected chi connectivity index (χ3v) is 8.76. The van der Waals surface area contributed by atoms with Gasteiger partial charge in [-0.3, -0.25) is 4.21 Å². The van der Waals surface area contributed by atoms with Gasteiger partial charge in [0.1, 0.15) is 17.3 Å². The molecular weight excluding hydrogens is 485 g/mol. The molecule has 0 radical (unpaired) electrons. The van der Waals surface area contributed by atoms with Gasteiger partial charge in [0.2, 0.25) is 5.95 Å². The minimum absolute atomic E-state index is 0.0195. The lowest BCUT2D eigenvalue weighted by Gasteiger charge is -2.45. The zero-order valence-corrected chi connectivity index (χ0v) is 19.7. The van der Waals surface area contributed by atoms with Gasteiger partial charge in [-0.2, -0.15) is 18.2 Å². The number of aromatic nitrogens is 3. The summed E-state index contributed by atoms with van der Waals surface area (Å²) in [6, 6.07) is 0.877. The van der Waals surface area contributed by atoms with E-state index in [0.717, 1.165) is 37.2 Å². The monoisotopic (exact) mass is 510 g/mol. The Hall–Kier alpha value is -2.67. The van der Waals surface area contributed by atoms with Gasteiger partial charge in [-0.05, 0) is 25.3 Å². The number of anilines is 3. The van der Waals surface area contributed by atoms with Gasteiger partial charge in [-0.1, -0.05) is 0 Å². The van der Waals surface area contributed by atoms with Crippen LogP contribution >= 0.6 is 0 Å². The summed E-state index contributed by atoms with van der Waals surface area (Å²) in [5, 5.41) is 13.3.